The molecule has 0 atom stereocenters. The first kappa shape index (κ1) is 19.9. The molecule has 2 aromatic carbocycles. The van der Waals surface area contributed by atoms with Gasteiger partial charge in [-0.15, -0.1) is 0 Å². The molecule has 2 aromatic rings. The number of amides is 3. The number of urea groups is 1. The standard InChI is InChI=1S/C20H23N3O4S/c1-16-9-11-18(12-10-16)28(26,27)23(20(25)22-13-5-6-14-22)15-19(24)21-17-7-3-2-4-8-17/h2-4,7-12H,5-6,13-15H2,1H3,(H,21,24). The molecule has 3 amide bonds. The van der Waals surface area contributed by atoms with Crippen molar-refractivity contribution >= 4 is 27.6 Å². The molecule has 0 spiro atoms. The Kier molecular flexibility index (Phi) is 5.99. The van der Waals surface area contributed by atoms with E-state index in [9.17, 15) is 18.0 Å². The molecule has 0 aliphatic carbocycles. The van der Waals surface area contributed by atoms with Crippen molar-refractivity contribution < 1.29 is 18.0 Å². The van der Waals surface area contributed by atoms with Crippen LogP contribution in [0.4, 0.5) is 10.5 Å². The second kappa shape index (κ2) is 8.43. The van der Waals surface area contributed by atoms with E-state index in [1.165, 1.54) is 17.0 Å². The third kappa shape index (κ3) is 4.51. The number of carbonyl (C=O) groups excluding carboxylic acids is 2. The van der Waals surface area contributed by atoms with E-state index in [0.717, 1.165) is 18.4 Å². The Hall–Kier alpha value is -2.87. The van der Waals surface area contributed by atoms with E-state index >= 15 is 0 Å². The van der Waals surface area contributed by atoms with Crippen LogP contribution < -0.4 is 5.32 Å². The molecular formula is C20H23N3O4S. The highest BCUT2D eigenvalue weighted by Gasteiger charge is 2.35. The Bertz CT molecular complexity index is 937. The summed E-state index contributed by atoms with van der Waals surface area (Å²) in [6, 6.07) is 14.3. The third-order valence-corrected chi connectivity index (χ3v) is 6.28. The number of hydrogen-bond acceptors (Lipinski definition) is 4. The second-order valence-corrected chi connectivity index (χ2v) is 8.58. The molecule has 0 bridgehead atoms. The number of carbonyl (C=O) groups is 2. The van der Waals surface area contributed by atoms with Gasteiger partial charge in [-0.2, -0.15) is 0 Å². The number of aryl methyl sites for hydroxylation is 1. The first-order chi connectivity index (χ1) is 13.4. The van der Waals surface area contributed by atoms with Gasteiger partial charge in [0.2, 0.25) is 5.91 Å². The van der Waals surface area contributed by atoms with Crippen molar-refractivity contribution in [3.8, 4) is 0 Å². The minimum atomic E-state index is -4.16. The zero-order chi connectivity index (χ0) is 20.1. The normalized spacial score (nSPS) is 14.0. The zero-order valence-corrected chi connectivity index (χ0v) is 16.5. The number of sulfonamides is 1. The number of hydrogen-bond donors (Lipinski definition) is 1. The molecule has 148 valence electrons. The molecule has 0 aromatic heterocycles. The predicted octanol–water partition coefficient (Wildman–Crippen LogP) is 2.84. The number of likely N-dealkylation sites (tertiary alicyclic amines) is 1. The van der Waals surface area contributed by atoms with E-state index in [4.69, 9.17) is 0 Å². The largest absolute Gasteiger partial charge is 0.334 e. The summed E-state index contributed by atoms with van der Waals surface area (Å²) >= 11 is 0. The third-order valence-electron chi connectivity index (χ3n) is 4.54. The minimum Gasteiger partial charge on any atom is -0.325 e. The molecule has 1 heterocycles. The van der Waals surface area contributed by atoms with Gasteiger partial charge in [0.1, 0.15) is 6.54 Å². The lowest BCUT2D eigenvalue weighted by Gasteiger charge is -2.27. The van der Waals surface area contributed by atoms with Crippen LogP contribution in [0, 0.1) is 6.92 Å². The van der Waals surface area contributed by atoms with Gasteiger partial charge >= 0.3 is 6.03 Å². The molecular weight excluding hydrogens is 378 g/mol. The number of nitrogens with zero attached hydrogens (tertiary/aromatic N) is 2. The van der Waals surface area contributed by atoms with Crippen LogP contribution in [0.5, 0.6) is 0 Å². The second-order valence-electron chi connectivity index (χ2n) is 6.72. The van der Waals surface area contributed by atoms with Crippen LogP contribution in [0.2, 0.25) is 0 Å². The Morgan fingerprint density at radius 3 is 2.21 bits per heavy atom. The van der Waals surface area contributed by atoms with Crippen LogP contribution in [-0.4, -0.2) is 49.2 Å². The van der Waals surface area contributed by atoms with E-state index in [2.05, 4.69) is 5.32 Å². The van der Waals surface area contributed by atoms with Crippen LogP contribution in [0.25, 0.3) is 0 Å². The molecule has 1 aliphatic rings. The van der Waals surface area contributed by atoms with Crippen molar-refractivity contribution in [3.05, 3.63) is 60.2 Å². The van der Waals surface area contributed by atoms with Gasteiger partial charge in [0.25, 0.3) is 10.0 Å². The molecule has 0 saturated carbocycles. The summed E-state index contributed by atoms with van der Waals surface area (Å²) in [4.78, 5) is 26.9. The highest BCUT2D eigenvalue weighted by atomic mass is 32.2. The number of rotatable bonds is 5. The predicted molar refractivity (Wildman–Crippen MR) is 106 cm³/mol. The Morgan fingerprint density at radius 2 is 1.61 bits per heavy atom. The fourth-order valence-corrected chi connectivity index (χ4v) is 4.35. The van der Waals surface area contributed by atoms with Crippen molar-refractivity contribution in [1.29, 1.82) is 0 Å². The average Bonchev–Trinajstić information content (AvgIpc) is 3.21. The van der Waals surface area contributed by atoms with Crippen LogP contribution >= 0.6 is 0 Å². The summed E-state index contributed by atoms with van der Waals surface area (Å²) < 4.78 is 26.9. The smallest absolute Gasteiger partial charge is 0.325 e. The lowest BCUT2D eigenvalue weighted by molar-refractivity contribution is -0.116. The van der Waals surface area contributed by atoms with Gasteiger partial charge < -0.3 is 10.2 Å². The van der Waals surface area contributed by atoms with Crippen molar-refractivity contribution in [2.24, 2.45) is 0 Å². The molecule has 8 heteroatoms. The maximum atomic E-state index is 13.1. The van der Waals surface area contributed by atoms with Gasteiger partial charge in [-0.05, 0) is 44.0 Å². The van der Waals surface area contributed by atoms with Crippen molar-refractivity contribution in [2.45, 2.75) is 24.7 Å². The summed E-state index contributed by atoms with van der Waals surface area (Å²) in [7, 11) is -4.16. The van der Waals surface area contributed by atoms with Crippen LogP contribution in [0.15, 0.2) is 59.5 Å². The molecule has 1 fully saturated rings. The summed E-state index contributed by atoms with van der Waals surface area (Å²) in [5.74, 6) is -0.575. The number of para-hydroxylation sites is 1. The van der Waals surface area contributed by atoms with E-state index in [1.54, 1.807) is 42.5 Å². The van der Waals surface area contributed by atoms with Crippen LogP contribution in [0.3, 0.4) is 0 Å². The Labute approximate surface area is 165 Å². The molecule has 28 heavy (non-hydrogen) atoms. The van der Waals surface area contributed by atoms with Crippen molar-refractivity contribution in [3.63, 3.8) is 0 Å². The topological polar surface area (TPSA) is 86.8 Å². The summed E-state index contributed by atoms with van der Waals surface area (Å²) in [5, 5.41) is 2.63. The lowest BCUT2D eigenvalue weighted by Crippen LogP contribution is -2.48. The summed E-state index contributed by atoms with van der Waals surface area (Å²) in [5.41, 5.74) is 1.44. The minimum absolute atomic E-state index is 0.0156. The van der Waals surface area contributed by atoms with Crippen molar-refractivity contribution in [1.82, 2.24) is 9.21 Å². The van der Waals surface area contributed by atoms with Gasteiger partial charge in [0, 0.05) is 18.8 Å². The molecule has 1 aliphatic heterocycles. The highest BCUT2D eigenvalue weighted by molar-refractivity contribution is 7.89. The Balaban J connectivity index is 1.87. The number of anilines is 1. The van der Waals surface area contributed by atoms with Crippen LogP contribution in [0.1, 0.15) is 18.4 Å². The maximum Gasteiger partial charge on any atom is 0.334 e. The van der Waals surface area contributed by atoms with Gasteiger partial charge in [0.05, 0.1) is 4.90 Å². The van der Waals surface area contributed by atoms with E-state index in [0.29, 0.717) is 23.1 Å². The molecule has 1 saturated heterocycles. The Morgan fingerprint density at radius 1 is 1.00 bits per heavy atom. The monoisotopic (exact) mass is 401 g/mol. The first-order valence-corrected chi connectivity index (χ1v) is 10.5. The van der Waals surface area contributed by atoms with E-state index in [1.807, 2.05) is 6.92 Å². The van der Waals surface area contributed by atoms with Gasteiger partial charge in [-0.1, -0.05) is 35.9 Å². The first-order valence-electron chi connectivity index (χ1n) is 9.11. The fourth-order valence-electron chi connectivity index (χ4n) is 3.01. The zero-order valence-electron chi connectivity index (χ0n) is 15.7. The summed E-state index contributed by atoms with van der Waals surface area (Å²) in [6.07, 6.45) is 1.64. The van der Waals surface area contributed by atoms with E-state index in [-0.39, 0.29) is 4.90 Å². The summed E-state index contributed by atoms with van der Waals surface area (Å²) in [6.45, 7) is 2.23. The quantitative estimate of drug-likeness (QED) is 0.835. The molecule has 1 N–H and O–H groups in total. The fraction of sp³-hybridized carbons (Fsp3) is 0.300. The number of benzene rings is 2. The average molecular weight is 401 g/mol. The van der Waals surface area contributed by atoms with Crippen molar-refractivity contribution in [2.75, 3.05) is 25.0 Å². The van der Waals surface area contributed by atoms with Gasteiger partial charge in [-0.3, -0.25) is 4.79 Å². The van der Waals surface area contributed by atoms with Gasteiger partial charge in [-0.25, -0.2) is 17.5 Å². The van der Waals surface area contributed by atoms with Crippen LogP contribution in [-0.2, 0) is 14.8 Å². The highest BCUT2D eigenvalue weighted by Crippen LogP contribution is 2.20. The van der Waals surface area contributed by atoms with E-state index < -0.39 is 28.5 Å². The lowest BCUT2D eigenvalue weighted by atomic mass is 10.2. The molecule has 7 nitrogen and oxygen atoms in total. The molecule has 0 unspecified atom stereocenters. The number of nitrogens with one attached hydrogen (secondary N) is 1. The molecule has 0 radical (unpaired) electrons. The SMILES string of the molecule is Cc1ccc(S(=O)(=O)N(CC(=O)Nc2ccccc2)C(=O)N2CCCC2)cc1. The van der Waals surface area contributed by atoms with Gasteiger partial charge in [0.15, 0.2) is 0 Å². The maximum absolute atomic E-state index is 13.1. The molecule has 3 rings (SSSR count).